The van der Waals surface area contributed by atoms with Gasteiger partial charge in [-0.2, -0.15) is 0 Å². The zero-order chi connectivity index (χ0) is 12.7. The van der Waals surface area contributed by atoms with Gasteiger partial charge in [0.1, 0.15) is 0 Å². The van der Waals surface area contributed by atoms with Crippen LogP contribution >= 0.6 is 0 Å². The van der Waals surface area contributed by atoms with Crippen molar-refractivity contribution in [3.63, 3.8) is 0 Å². The Morgan fingerprint density at radius 3 is 2.67 bits per heavy atom. The van der Waals surface area contributed by atoms with E-state index in [2.05, 4.69) is 4.98 Å². The number of anilines is 1. The fraction of sp³-hybridized carbons (Fsp3) is 0.538. The van der Waals surface area contributed by atoms with Crippen LogP contribution in [0.1, 0.15) is 36.0 Å². The van der Waals surface area contributed by atoms with Crippen molar-refractivity contribution in [1.29, 1.82) is 0 Å². The summed E-state index contributed by atoms with van der Waals surface area (Å²) in [7, 11) is 0. The minimum Gasteiger partial charge on any atom is -0.397 e. The first-order valence-corrected chi connectivity index (χ1v) is 6.37. The van der Waals surface area contributed by atoms with Crippen LogP contribution in [0, 0.1) is 0 Å². The Bertz CT molecular complexity index is 463. The standard InChI is InChI=1S/C13H17N3O2/c14-12-7-15-4-3-11(12)13(18)16-8-1-2-9(16)6-10(17)5-8/h3-4,7-10,17H,1-2,5-6,14H2. The summed E-state index contributed by atoms with van der Waals surface area (Å²) >= 11 is 0. The molecule has 3 N–H and O–H groups in total. The molecule has 2 aliphatic rings. The van der Waals surface area contributed by atoms with Crippen molar-refractivity contribution in [3.05, 3.63) is 24.0 Å². The van der Waals surface area contributed by atoms with E-state index in [1.807, 2.05) is 4.90 Å². The Kier molecular flexibility index (Phi) is 2.70. The Morgan fingerprint density at radius 1 is 1.39 bits per heavy atom. The zero-order valence-electron chi connectivity index (χ0n) is 10.1. The number of carbonyl (C=O) groups excluding carboxylic acids is 1. The number of aliphatic hydroxyl groups is 1. The highest BCUT2D eigenvalue weighted by Gasteiger charge is 2.43. The van der Waals surface area contributed by atoms with Crippen molar-refractivity contribution < 1.29 is 9.90 Å². The predicted molar refractivity (Wildman–Crippen MR) is 66.9 cm³/mol. The Labute approximate surface area is 106 Å². The molecule has 0 aromatic carbocycles. The molecule has 3 heterocycles. The number of hydrogen-bond donors (Lipinski definition) is 2. The molecule has 0 saturated carbocycles. The van der Waals surface area contributed by atoms with Crippen LogP contribution in [-0.2, 0) is 0 Å². The molecule has 0 aliphatic carbocycles. The summed E-state index contributed by atoms with van der Waals surface area (Å²) in [5.74, 6) is -0.0192. The van der Waals surface area contributed by atoms with Gasteiger partial charge in [0, 0.05) is 18.3 Å². The molecule has 1 amide bonds. The smallest absolute Gasteiger partial charge is 0.256 e. The summed E-state index contributed by atoms with van der Waals surface area (Å²) in [4.78, 5) is 18.3. The number of hydrogen-bond acceptors (Lipinski definition) is 4. The van der Waals surface area contributed by atoms with Gasteiger partial charge in [-0.3, -0.25) is 9.78 Å². The molecule has 5 heteroatoms. The van der Waals surface area contributed by atoms with E-state index in [0.717, 1.165) is 12.8 Å². The zero-order valence-corrected chi connectivity index (χ0v) is 10.1. The Hall–Kier alpha value is -1.62. The molecule has 1 aromatic rings. The first-order valence-electron chi connectivity index (χ1n) is 6.37. The lowest BCUT2D eigenvalue weighted by atomic mass is 9.98. The number of fused-ring (bicyclic) bond motifs is 2. The molecule has 2 atom stereocenters. The van der Waals surface area contributed by atoms with Crippen molar-refractivity contribution >= 4 is 11.6 Å². The van der Waals surface area contributed by atoms with Crippen molar-refractivity contribution in [2.24, 2.45) is 0 Å². The number of nitrogens with two attached hydrogens (primary N) is 1. The molecule has 5 nitrogen and oxygen atoms in total. The van der Waals surface area contributed by atoms with Crippen LogP contribution in [-0.4, -0.2) is 39.1 Å². The van der Waals surface area contributed by atoms with Crippen LogP contribution in [0.25, 0.3) is 0 Å². The largest absolute Gasteiger partial charge is 0.397 e. The summed E-state index contributed by atoms with van der Waals surface area (Å²) in [5.41, 5.74) is 6.76. The molecule has 3 rings (SSSR count). The first-order chi connectivity index (χ1) is 8.66. The molecule has 18 heavy (non-hydrogen) atoms. The predicted octanol–water partition coefficient (Wildman–Crippen LogP) is 0.792. The average Bonchev–Trinajstić information content (AvgIpc) is 2.61. The van der Waals surface area contributed by atoms with Gasteiger partial charge in [-0.1, -0.05) is 0 Å². The number of pyridine rings is 1. The topological polar surface area (TPSA) is 79.5 Å². The molecule has 2 saturated heterocycles. The number of aromatic nitrogens is 1. The molecular formula is C13H17N3O2. The fourth-order valence-electron chi connectivity index (χ4n) is 3.22. The minimum absolute atomic E-state index is 0.0192. The lowest BCUT2D eigenvalue weighted by Gasteiger charge is -2.37. The second-order valence-corrected chi connectivity index (χ2v) is 5.19. The third-order valence-electron chi connectivity index (χ3n) is 4.03. The second-order valence-electron chi connectivity index (χ2n) is 5.19. The van der Waals surface area contributed by atoms with Crippen molar-refractivity contribution in [2.45, 2.75) is 43.9 Å². The summed E-state index contributed by atoms with van der Waals surface area (Å²) in [5, 5.41) is 9.74. The highest BCUT2D eigenvalue weighted by Crippen LogP contribution is 2.37. The minimum atomic E-state index is -0.263. The highest BCUT2D eigenvalue weighted by atomic mass is 16.3. The SMILES string of the molecule is Nc1cnccc1C(=O)N1C2CCC1CC(O)C2. The number of nitrogen functional groups attached to an aromatic ring is 1. The quantitative estimate of drug-likeness (QED) is 0.769. The number of aliphatic hydroxyl groups excluding tert-OH is 1. The van der Waals surface area contributed by atoms with Crippen LogP contribution in [0.2, 0.25) is 0 Å². The molecule has 1 aromatic heterocycles. The molecule has 0 spiro atoms. The molecule has 2 fully saturated rings. The maximum Gasteiger partial charge on any atom is 0.256 e. The van der Waals surface area contributed by atoms with Gasteiger partial charge in [0.15, 0.2) is 0 Å². The summed E-state index contributed by atoms with van der Waals surface area (Å²) in [6.45, 7) is 0. The van der Waals surface area contributed by atoms with Crippen LogP contribution in [0.5, 0.6) is 0 Å². The fourth-order valence-corrected chi connectivity index (χ4v) is 3.22. The van der Waals surface area contributed by atoms with Gasteiger partial charge in [0.2, 0.25) is 0 Å². The van der Waals surface area contributed by atoms with Crippen molar-refractivity contribution in [3.8, 4) is 0 Å². The Morgan fingerprint density at radius 2 is 2.06 bits per heavy atom. The van der Waals surface area contributed by atoms with E-state index < -0.39 is 0 Å². The molecule has 2 unspecified atom stereocenters. The average molecular weight is 247 g/mol. The number of piperidine rings is 1. The van der Waals surface area contributed by atoms with Gasteiger partial charge in [-0.05, 0) is 31.7 Å². The highest BCUT2D eigenvalue weighted by molar-refractivity contribution is 5.99. The van der Waals surface area contributed by atoms with Gasteiger partial charge in [-0.25, -0.2) is 0 Å². The van der Waals surface area contributed by atoms with E-state index in [9.17, 15) is 9.90 Å². The monoisotopic (exact) mass is 247 g/mol. The molecule has 2 bridgehead atoms. The van der Waals surface area contributed by atoms with Gasteiger partial charge in [-0.15, -0.1) is 0 Å². The normalized spacial score (nSPS) is 30.5. The second kappa shape index (κ2) is 4.24. The van der Waals surface area contributed by atoms with E-state index >= 15 is 0 Å². The van der Waals surface area contributed by atoms with Crippen molar-refractivity contribution in [1.82, 2.24) is 9.88 Å². The van der Waals surface area contributed by atoms with Gasteiger partial charge in [0.25, 0.3) is 5.91 Å². The molecule has 0 radical (unpaired) electrons. The number of nitrogens with zero attached hydrogens (tertiary/aromatic N) is 2. The van der Waals surface area contributed by atoms with E-state index in [0.29, 0.717) is 24.1 Å². The van der Waals surface area contributed by atoms with Gasteiger partial charge in [0.05, 0.1) is 23.6 Å². The van der Waals surface area contributed by atoms with E-state index in [-0.39, 0.29) is 24.1 Å². The van der Waals surface area contributed by atoms with Gasteiger partial charge >= 0.3 is 0 Å². The summed E-state index contributed by atoms with van der Waals surface area (Å²) in [6, 6.07) is 2.00. The Balaban J connectivity index is 1.88. The number of amides is 1. The van der Waals surface area contributed by atoms with Crippen LogP contribution in [0.15, 0.2) is 18.5 Å². The van der Waals surface area contributed by atoms with Gasteiger partial charge < -0.3 is 15.7 Å². The lowest BCUT2D eigenvalue weighted by molar-refractivity contribution is 0.0287. The summed E-state index contributed by atoms with van der Waals surface area (Å²) in [6.07, 6.45) is 6.18. The summed E-state index contributed by atoms with van der Waals surface area (Å²) < 4.78 is 0. The molecule has 2 aliphatic heterocycles. The van der Waals surface area contributed by atoms with E-state index in [1.165, 1.54) is 6.20 Å². The first kappa shape index (κ1) is 11.5. The van der Waals surface area contributed by atoms with Crippen LogP contribution in [0.4, 0.5) is 5.69 Å². The lowest BCUT2D eigenvalue weighted by Crippen LogP contribution is -2.48. The van der Waals surface area contributed by atoms with Crippen LogP contribution in [0.3, 0.4) is 0 Å². The maximum absolute atomic E-state index is 12.5. The third kappa shape index (κ3) is 1.75. The number of rotatable bonds is 1. The van der Waals surface area contributed by atoms with Crippen molar-refractivity contribution in [2.75, 3.05) is 5.73 Å². The van der Waals surface area contributed by atoms with E-state index in [1.54, 1.807) is 12.3 Å². The number of carbonyl (C=O) groups is 1. The third-order valence-corrected chi connectivity index (χ3v) is 4.03. The molecule has 96 valence electrons. The molecular weight excluding hydrogens is 230 g/mol. The van der Waals surface area contributed by atoms with E-state index in [4.69, 9.17) is 5.73 Å². The maximum atomic E-state index is 12.5. The van der Waals surface area contributed by atoms with Crippen LogP contribution < -0.4 is 5.73 Å².